The van der Waals surface area contributed by atoms with Crippen LogP contribution in [0.3, 0.4) is 0 Å². The van der Waals surface area contributed by atoms with Gasteiger partial charge in [-0.25, -0.2) is 9.37 Å². The number of anilines is 1. The van der Waals surface area contributed by atoms with Gasteiger partial charge in [-0.1, -0.05) is 18.3 Å². The first-order chi connectivity index (χ1) is 20.5. The maximum Gasteiger partial charge on any atom is 0.336 e. The normalized spacial score (nSPS) is 20.9. The van der Waals surface area contributed by atoms with Crippen molar-refractivity contribution < 1.29 is 32.2 Å². The molecule has 1 atom stereocenters. The molecule has 6 rings (SSSR count). The maximum absolute atomic E-state index is 13.0. The molecule has 2 fully saturated rings. The molecule has 0 aromatic heterocycles. The fourth-order valence-electron chi connectivity index (χ4n) is 6.18. The zero-order chi connectivity index (χ0) is 30.5. The summed E-state index contributed by atoms with van der Waals surface area (Å²) >= 11 is 0. The predicted octanol–water partition coefficient (Wildman–Crippen LogP) is 2.93. The molecular formula is C32H34N3O6SSi+. The Kier molecular flexibility index (Phi) is 7.35. The number of hydrogen-bond donors (Lipinski definition) is 3. The van der Waals surface area contributed by atoms with Gasteiger partial charge in [-0.2, -0.15) is 8.42 Å². The number of allylic oxidation sites excluding steroid dienone is 5. The first-order valence-electron chi connectivity index (χ1n) is 14.4. The number of nitrogens with zero attached hydrogens (tertiary/aromatic N) is 2. The Hall–Kier alpha value is -4.06. The number of carbonyl (C=O) groups excluding carboxylic acids is 1. The van der Waals surface area contributed by atoms with Crippen LogP contribution in [0.1, 0.15) is 44.7 Å². The molecule has 2 aromatic rings. The number of fused-ring (bicyclic) bond motifs is 2. The van der Waals surface area contributed by atoms with Gasteiger partial charge >= 0.3 is 5.97 Å². The quantitative estimate of drug-likeness (QED) is 0.237. The lowest BCUT2D eigenvalue weighted by atomic mass is 9.86. The summed E-state index contributed by atoms with van der Waals surface area (Å²) in [6.07, 6.45) is 8.70. The minimum absolute atomic E-state index is 0.0592. The SMILES string of the molecule is C=C[Si]1(C)C2=CC(=[N+]3CCC3)C=CC2=C(c2cc(C(=O)NCCS(=O)(=O)O)ccc2C(=O)O)c2ccc(N3CCC3)cc21. The number of amides is 1. The summed E-state index contributed by atoms with van der Waals surface area (Å²) in [4.78, 5) is 28.0. The van der Waals surface area contributed by atoms with Gasteiger partial charge in [-0.05, 0) is 75.5 Å². The number of rotatable bonds is 8. The van der Waals surface area contributed by atoms with Crippen LogP contribution in [0.5, 0.6) is 0 Å². The molecule has 11 heteroatoms. The molecular weight excluding hydrogens is 583 g/mol. The molecule has 1 aliphatic carbocycles. The van der Waals surface area contributed by atoms with Crippen molar-refractivity contribution in [3.05, 3.63) is 99.9 Å². The van der Waals surface area contributed by atoms with E-state index in [1.165, 1.54) is 12.1 Å². The number of carboxylic acids is 1. The summed E-state index contributed by atoms with van der Waals surface area (Å²) in [5, 5.41) is 15.1. The van der Waals surface area contributed by atoms with Crippen molar-refractivity contribution >= 4 is 52.2 Å². The van der Waals surface area contributed by atoms with Crippen molar-refractivity contribution in [1.29, 1.82) is 0 Å². The minimum Gasteiger partial charge on any atom is -0.478 e. The third kappa shape index (κ3) is 5.21. The average molecular weight is 617 g/mol. The van der Waals surface area contributed by atoms with E-state index in [0.717, 1.165) is 77.5 Å². The van der Waals surface area contributed by atoms with Crippen LogP contribution in [0.2, 0.25) is 6.55 Å². The van der Waals surface area contributed by atoms with E-state index in [1.807, 2.05) is 0 Å². The minimum atomic E-state index is -4.25. The molecule has 0 spiro atoms. The molecule has 3 heterocycles. The maximum atomic E-state index is 13.0. The van der Waals surface area contributed by atoms with Gasteiger partial charge < -0.3 is 15.3 Å². The van der Waals surface area contributed by atoms with E-state index in [4.69, 9.17) is 4.55 Å². The second-order valence-corrected chi connectivity index (χ2v) is 17.0. The van der Waals surface area contributed by atoms with E-state index >= 15 is 0 Å². The second-order valence-electron chi connectivity index (χ2n) is 11.5. The van der Waals surface area contributed by atoms with Gasteiger partial charge in [0.05, 0.1) is 17.7 Å². The summed E-state index contributed by atoms with van der Waals surface area (Å²) in [5.41, 5.74) is 7.62. The number of nitrogens with one attached hydrogen (secondary N) is 1. The van der Waals surface area contributed by atoms with E-state index in [9.17, 15) is 23.1 Å². The molecule has 3 aliphatic heterocycles. The molecule has 0 saturated carbocycles. The van der Waals surface area contributed by atoms with Crippen LogP contribution in [0, 0.1) is 0 Å². The van der Waals surface area contributed by atoms with E-state index in [0.29, 0.717) is 5.56 Å². The molecule has 222 valence electrons. The largest absolute Gasteiger partial charge is 0.478 e. The van der Waals surface area contributed by atoms with Gasteiger partial charge in [0.2, 0.25) is 0 Å². The number of hydrogen-bond acceptors (Lipinski definition) is 5. The summed E-state index contributed by atoms with van der Waals surface area (Å²) in [6, 6.07) is 10.8. The van der Waals surface area contributed by atoms with Gasteiger partial charge in [0, 0.05) is 43.0 Å². The number of carboxylic acid groups (broad SMARTS) is 1. The molecule has 4 aliphatic rings. The van der Waals surface area contributed by atoms with Crippen molar-refractivity contribution in [1.82, 2.24) is 5.32 Å². The van der Waals surface area contributed by atoms with E-state index in [2.05, 4.69) is 70.0 Å². The highest BCUT2D eigenvalue weighted by Gasteiger charge is 2.43. The molecule has 2 aromatic carbocycles. The van der Waals surface area contributed by atoms with Crippen LogP contribution >= 0.6 is 0 Å². The van der Waals surface area contributed by atoms with Crippen molar-refractivity contribution in [3.8, 4) is 0 Å². The Balaban J connectivity index is 1.56. The van der Waals surface area contributed by atoms with E-state index in [1.54, 1.807) is 6.07 Å². The molecule has 2 saturated heterocycles. The average Bonchev–Trinajstić information content (AvgIpc) is 2.91. The van der Waals surface area contributed by atoms with Crippen LogP contribution in [0.25, 0.3) is 5.57 Å². The van der Waals surface area contributed by atoms with Crippen LogP contribution in [-0.2, 0) is 10.1 Å². The summed E-state index contributed by atoms with van der Waals surface area (Å²) in [6.45, 7) is 10.3. The zero-order valence-corrected chi connectivity index (χ0v) is 25.8. The topological polar surface area (TPSA) is 127 Å². The molecule has 1 unspecified atom stereocenters. The van der Waals surface area contributed by atoms with Crippen LogP contribution in [-0.4, -0.2) is 86.8 Å². The fourth-order valence-corrected chi connectivity index (χ4v) is 9.70. The number of aromatic carboxylic acids is 1. The van der Waals surface area contributed by atoms with Crippen molar-refractivity contribution in [2.24, 2.45) is 0 Å². The van der Waals surface area contributed by atoms with Crippen LogP contribution in [0.4, 0.5) is 5.69 Å². The van der Waals surface area contributed by atoms with Gasteiger partial charge in [-0.3, -0.25) is 9.35 Å². The molecule has 0 radical (unpaired) electrons. The van der Waals surface area contributed by atoms with E-state index < -0.39 is 35.8 Å². The third-order valence-corrected chi connectivity index (χ3v) is 13.5. The van der Waals surface area contributed by atoms with Crippen molar-refractivity contribution in [2.75, 3.05) is 43.4 Å². The Bertz CT molecular complexity index is 1810. The lowest BCUT2D eigenvalue weighted by Gasteiger charge is -2.40. The highest BCUT2D eigenvalue weighted by atomic mass is 32.2. The Morgan fingerprint density at radius 3 is 2.47 bits per heavy atom. The standard InChI is InChI=1S/C32H33N3O6SSi/c1-3-43(2)28-19-22(34-13-4-14-34)7-10-25(28)30(26-11-8-23(20-29(26)43)35-15-5-16-35)27-18-21(6-9-24(27)32(37)38)31(36)33-12-17-42(39,40)41/h3,6-11,18-20H,1,4-5,12-17H2,2H3,(H2-,33,36,37,38,39,40,41)/p+1. The Morgan fingerprint density at radius 2 is 1.86 bits per heavy atom. The number of benzene rings is 2. The first kappa shape index (κ1) is 29.0. The van der Waals surface area contributed by atoms with Crippen molar-refractivity contribution in [3.63, 3.8) is 0 Å². The molecule has 9 nitrogen and oxygen atoms in total. The third-order valence-electron chi connectivity index (χ3n) is 8.94. The predicted molar refractivity (Wildman–Crippen MR) is 170 cm³/mol. The molecule has 43 heavy (non-hydrogen) atoms. The summed E-state index contributed by atoms with van der Waals surface area (Å²) < 4.78 is 33.7. The lowest BCUT2D eigenvalue weighted by molar-refractivity contribution is -0.582. The second kappa shape index (κ2) is 10.9. The highest BCUT2D eigenvalue weighted by Crippen LogP contribution is 2.43. The molecule has 1 amide bonds. The summed E-state index contributed by atoms with van der Waals surface area (Å²) in [5.74, 6) is -2.31. The molecule has 0 bridgehead atoms. The smallest absolute Gasteiger partial charge is 0.336 e. The fraction of sp³-hybridized carbons (Fsp3) is 0.281. The van der Waals surface area contributed by atoms with Crippen LogP contribution in [0.15, 0.2) is 77.7 Å². The Labute approximate surface area is 252 Å². The molecule has 3 N–H and O–H groups in total. The first-order valence-corrected chi connectivity index (χ1v) is 18.6. The number of carbonyl (C=O) groups is 2. The summed E-state index contributed by atoms with van der Waals surface area (Å²) in [7, 11) is -6.74. The van der Waals surface area contributed by atoms with Gasteiger partial charge in [0.15, 0.2) is 5.71 Å². The van der Waals surface area contributed by atoms with Crippen LogP contribution < -0.4 is 15.4 Å². The van der Waals surface area contributed by atoms with Gasteiger partial charge in [0.1, 0.15) is 21.2 Å². The zero-order valence-electron chi connectivity index (χ0n) is 24.0. The lowest BCUT2D eigenvalue weighted by Crippen LogP contribution is -2.51. The monoisotopic (exact) mass is 616 g/mol. The van der Waals surface area contributed by atoms with Gasteiger partial charge in [0.25, 0.3) is 16.0 Å². The Morgan fingerprint density at radius 1 is 1.09 bits per heavy atom. The highest BCUT2D eigenvalue weighted by molar-refractivity contribution is 7.85. The van der Waals surface area contributed by atoms with E-state index in [-0.39, 0.29) is 17.7 Å². The van der Waals surface area contributed by atoms with Gasteiger partial charge in [-0.15, -0.1) is 6.58 Å². The van der Waals surface area contributed by atoms with Crippen molar-refractivity contribution in [2.45, 2.75) is 19.4 Å².